The van der Waals surface area contributed by atoms with Gasteiger partial charge >= 0.3 is 6.03 Å². The number of nitrogens with one attached hydrogen (secondary N) is 2. The average Bonchev–Trinajstić information content (AvgIpc) is 3.31. The summed E-state index contributed by atoms with van der Waals surface area (Å²) in [5, 5.41) is 4.18. The fraction of sp³-hybridized carbons (Fsp3) is 0.474. The molecule has 0 radical (unpaired) electrons. The third-order valence-corrected chi connectivity index (χ3v) is 6.63. The van der Waals surface area contributed by atoms with Crippen LogP contribution in [0, 0.1) is 19.8 Å². The van der Waals surface area contributed by atoms with E-state index in [4.69, 9.17) is 4.42 Å². The van der Waals surface area contributed by atoms with E-state index in [1.165, 1.54) is 0 Å². The Labute approximate surface area is 166 Å². The minimum atomic E-state index is -0.892. The molecular weight excluding hydrogens is 380 g/mol. The summed E-state index contributed by atoms with van der Waals surface area (Å²) in [4.78, 5) is 42.7. The molecule has 1 aliphatic heterocycles. The molecular formula is C19H22N4O4S. The molecule has 2 aromatic rings. The zero-order valence-electron chi connectivity index (χ0n) is 16.0. The summed E-state index contributed by atoms with van der Waals surface area (Å²) in [6.45, 7) is 5.68. The van der Waals surface area contributed by atoms with E-state index < -0.39 is 17.5 Å². The summed E-state index contributed by atoms with van der Waals surface area (Å²) in [6.07, 6.45) is 2.92. The van der Waals surface area contributed by atoms with E-state index in [0.717, 1.165) is 34.9 Å². The van der Waals surface area contributed by atoms with E-state index in [1.54, 1.807) is 13.0 Å². The quantitative estimate of drug-likeness (QED) is 0.768. The number of hydrazine groups is 1. The number of thiazole rings is 1. The Morgan fingerprint density at radius 1 is 1.32 bits per heavy atom. The van der Waals surface area contributed by atoms with Crippen LogP contribution in [0.25, 0.3) is 10.8 Å². The van der Waals surface area contributed by atoms with Gasteiger partial charge in [-0.15, -0.1) is 11.3 Å². The molecule has 4 amide bonds. The van der Waals surface area contributed by atoms with Crippen LogP contribution in [0.4, 0.5) is 4.79 Å². The lowest BCUT2D eigenvalue weighted by Gasteiger charge is -2.33. The predicted molar refractivity (Wildman–Crippen MR) is 102 cm³/mol. The van der Waals surface area contributed by atoms with Gasteiger partial charge in [-0.25, -0.2) is 9.78 Å². The third-order valence-electron chi connectivity index (χ3n) is 5.46. The van der Waals surface area contributed by atoms with Crippen molar-refractivity contribution >= 4 is 29.2 Å². The molecule has 1 aliphatic carbocycles. The van der Waals surface area contributed by atoms with E-state index in [9.17, 15) is 14.4 Å². The Kier molecular flexibility index (Phi) is 4.49. The second-order valence-corrected chi connectivity index (χ2v) is 8.62. The average molecular weight is 402 g/mol. The molecule has 2 N–H and O–H groups in total. The molecule has 1 saturated carbocycles. The van der Waals surface area contributed by atoms with Crippen molar-refractivity contribution in [1.82, 2.24) is 20.7 Å². The summed E-state index contributed by atoms with van der Waals surface area (Å²) in [5.74, 6) is 0.939. The Balaban J connectivity index is 1.52. The number of nitrogens with zero attached hydrogens (tertiary/aromatic N) is 2. The molecule has 2 aromatic heterocycles. The van der Waals surface area contributed by atoms with Gasteiger partial charge in [-0.1, -0.05) is 6.92 Å². The van der Waals surface area contributed by atoms with Crippen LogP contribution >= 0.6 is 11.3 Å². The van der Waals surface area contributed by atoms with E-state index >= 15 is 0 Å². The van der Waals surface area contributed by atoms with Gasteiger partial charge < -0.3 is 9.73 Å². The summed E-state index contributed by atoms with van der Waals surface area (Å²) in [5.41, 5.74) is 2.08. The number of carbonyl (C=O) groups excluding carboxylic acids is 3. The van der Waals surface area contributed by atoms with Gasteiger partial charge in [-0.05, 0) is 57.6 Å². The number of aromatic nitrogens is 1. The van der Waals surface area contributed by atoms with Crippen LogP contribution in [-0.4, -0.2) is 33.4 Å². The van der Waals surface area contributed by atoms with E-state index in [0.29, 0.717) is 40.1 Å². The van der Waals surface area contributed by atoms with Crippen molar-refractivity contribution in [1.29, 1.82) is 0 Å². The van der Waals surface area contributed by atoms with Crippen molar-refractivity contribution in [3.05, 3.63) is 28.5 Å². The highest BCUT2D eigenvalue weighted by Gasteiger charge is 2.53. The van der Waals surface area contributed by atoms with Crippen LogP contribution in [0.3, 0.4) is 0 Å². The number of furan rings is 1. The maximum atomic E-state index is 12.9. The fourth-order valence-electron chi connectivity index (χ4n) is 3.73. The topological polar surface area (TPSA) is 105 Å². The molecule has 2 aliphatic rings. The summed E-state index contributed by atoms with van der Waals surface area (Å²) in [6, 6.07) is 3.03. The predicted octanol–water partition coefficient (Wildman–Crippen LogP) is 3.17. The number of hydrogen-bond donors (Lipinski definition) is 2. The number of carbonyl (C=O) groups is 3. The number of amides is 4. The SMILES string of the molecule is Cc1ccc(-c2nc(C)c(C(=O)NN3C(=O)NC4(CCC(C)CC4)C3=O)s2)o1. The largest absolute Gasteiger partial charge is 0.459 e. The zero-order chi connectivity index (χ0) is 20.1. The monoisotopic (exact) mass is 402 g/mol. The van der Waals surface area contributed by atoms with Crippen LogP contribution in [0.5, 0.6) is 0 Å². The van der Waals surface area contributed by atoms with Crippen LogP contribution in [-0.2, 0) is 4.79 Å². The minimum absolute atomic E-state index is 0.336. The van der Waals surface area contributed by atoms with E-state index in [-0.39, 0.29) is 5.91 Å². The van der Waals surface area contributed by atoms with Crippen molar-refractivity contribution in [2.45, 2.75) is 52.0 Å². The number of imide groups is 1. The first-order valence-electron chi connectivity index (χ1n) is 9.31. The lowest BCUT2D eigenvalue weighted by molar-refractivity contribution is -0.134. The highest BCUT2D eigenvalue weighted by molar-refractivity contribution is 7.17. The second kappa shape index (κ2) is 6.73. The molecule has 8 nitrogen and oxygen atoms in total. The Bertz CT molecular complexity index is 955. The first-order valence-corrected chi connectivity index (χ1v) is 10.1. The molecule has 0 atom stereocenters. The van der Waals surface area contributed by atoms with Gasteiger partial charge in [0.05, 0.1) is 5.69 Å². The lowest BCUT2D eigenvalue weighted by atomic mass is 9.77. The van der Waals surface area contributed by atoms with Crippen molar-refractivity contribution in [2.75, 3.05) is 0 Å². The molecule has 9 heteroatoms. The normalized spacial score (nSPS) is 24.7. The van der Waals surface area contributed by atoms with Crippen molar-refractivity contribution < 1.29 is 18.8 Å². The summed E-state index contributed by atoms with van der Waals surface area (Å²) < 4.78 is 5.56. The highest BCUT2D eigenvalue weighted by Crippen LogP contribution is 2.36. The molecule has 2 fully saturated rings. The number of aryl methyl sites for hydroxylation is 2. The molecule has 0 bridgehead atoms. The third kappa shape index (κ3) is 3.09. The molecule has 28 heavy (non-hydrogen) atoms. The van der Waals surface area contributed by atoms with Crippen molar-refractivity contribution in [3.8, 4) is 10.8 Å². The molecule has 1 spiro atoms. The second-order valence-electron chi connectivity index (χ2n) is 7.62. The smallest absolute Gasteiger partial charge is 0.344 e. The molecule has 4 rings (SSSR count). The van der Waals surface area contributed by atoms with E-state index in [2.05, 4.69) is 22.7 Å². The van der Waals surface area contributed by atoms with Crippen LogP contribution in [0.1, 0.15) is 53.7 Å². The van der Waals surface area contributed by atoms with Crippen LogP contribution in [0.2, 0.25) is 0 Å². The number of rotatable bonds is 3. The van der Waals surface area contributed by atoms with Gasteiger partial charge in [0.25, 0.3) is 11.8 Å². The Morgan fingerprint density at radius 3 is 2.68 bits per heavy atom. The standard InChI is InChI=1S/C19H22N4O4S/c1-10-6-8-19(9-7-10)17(25)23(18(26)21-19)22-15(24)14-12(3)20-16(28-14)13-5-4-11(2)27-13/h4-5,10H,6-9H2,1-3H3,(H,21,26)(H,22,24). The van der Waals surface area contributed by atoms with E-state index in [1.807, 2.05) is 13.0 Å². The maximum Gasteiger partial charge on any atom is 0.344 e. The highest BCUT2D eigenvalue weighted by atomic mass is 32.1. The van der Waals surface area contributed by atoms with Crippen molar-refractivity contribution in [2.24, 2.45) is 5.92 Å². The summed E-state index contributed by atoms with van der Waals surface area (Å²) >= 11 is 1.16. The summed E-state index contributed by atoms with van der Waals surface area (Å²) in [7, 11) is 0. The number of urea groups is 1. The minimum Gasteiger partial charge on any atom is -0.459 e. The van der Waals surface area contributed by atoms with Gasteiger partial charge in [-0.2, -0.15) is 5.01 Å². The van der Waals surface area contributed by atoms with Gasteiger partial charge in [-0.3, -0.25) is 15.0 Å². The first-order chi connectivity index (χ1) is 13.3. The van der Waals surface area contributed by atoms with Gasteiger partial charge in [0.2, 0.25) is 0 Å². The molecule has 0 unspecified atom stereocenters. The fourth-order valence-corrected chi connectivity index (χ4v) is 4.65. The Hall–Kier alpha value is -2.68. The lowest BCUT2D eigenvalue weighted by Crippen LogP contribution is -2.51. The van der Waals surface area contributed by atoms with Crippen LogP contribution < -0.4 is 10.7 Å². The van der Waals surface area contributed by atoms with Gasteiger partial charge in [0.1, 0.15) is 16.2 Å². The zero-order valence-corrected chi connectivity index (χ0v) is 16.8. The first kappa shape index (κ1) is 18.7. The Morgan fingerprint density at radius 2 is 2.04 bits per heavy atom. The van der Waals surface area contributed by atoms with Gasteiger partial charge in [0, 0.05) is 0 Å². The van der Waals surface area contributed by atoms with Gasteiger partial charge in [0.15, 0.2) is 10.8 Å². The molecule has 3 heterocycles. The molecule has 1 saturated heterocycles. The van der Waals surface area contributed by atoms with Crippen molar-refractivity contribution in [3.63, 3.8) is 0 Å². The van der Waals surface area contributed by atoms with Crippen LogP contribution in [0.15, 0.2) is 16.5 Å². The number of hydrogen-bond acceptors (Lipinski definition) is 6. The maximum absolute atomic E-state index is 12.9. The molecule has 0 aromatic carbocycles. The molecule has 148 valence electrons.